The van der Waals surface area contributed by atoms with Crippen LogP contribution in [0.4, 0.5) is 0 Å². The van der Waals surface area contributed by atoms with Crippen LogP contribution < -0.4 is 0 Å². The van der Waals surface area contributed by atoms with Gasteiger partial charge in [0.05, 0.1) is 26.4 Å². The van der Waals surface area contributed by atoms with Crippen LogP contribution in [0.5, 0.6) is 0 Å². The number of aliphatic hydroxyl groups excluding tert-OH is 1. The van der Waals surface area contributed by atoms with Crippen LogP contribution in [0.1, 0.15) is 44.4 Å². The molecular formula is C41H48O15. The van der Waals surface area contributed by atoms with Gasteiger partial charge in [-0.2, -0.15) is 0 Å². The van der Waals surface area contributed by atoms with Crippen LogP contribution >= 0.6 is 0 Å². The summed E-state index contributed by atoms with van der Waals surface area (Å²) in [7, 11) is 0. The Labute approximate surface area is 325 Å². The Hall–Kier alpha value is -4.74. The lowest BCUT2D eigenvalue weighted by molar-refractivity contribution is -0.339. The van der Waals surface area contributed by atoms with Gasteiger partial charge >= 0.3 is 23.9 Å². The van der Waals surface area contributed by atoms with Crippen molar-refractivity contribution in [2.24, 2.45) is 0 Å². The predicted molar refractivity (Wildman–Crippen MR) is 194 cm³/mol. The maximum absolute atomic E-state index is 12.4. The van der Waals surface area contributed by atoms with Crippen molar-refractivity contribution in [2.75, 3.05) is 13.2 Å². The van der Waals surface area contributed by atoms with Crippen molar-refractivity contribution in [1.29, 1.82) is 0 Å². The predicted octanol–water partition coefficient (Wildman–Crippen LogP) is 3.56. The Bertz CT molecular complexity index is 1690. The number of carbonyl (C=O) groups is 4. The van der Waals surface area contributed by atoms with E-state index >= 15 is 0 Å². The summed E-state index contributed by atoms with van der Waals surface area (Å²) in [4.78, 5) is 48.7. The van der Waals surface area contributed by atoms with Gasteiger partial charge < -0.3 is 52.5 Å². The molecule has 0 saturated carbocycles. The summed E-state index contributed by atoms with van der Waals surface area (Å²) >= 11 is 0. The van der Waals surface area contributed by atoms with Gasteiger partial charge in [0.25, 0.3) is 0 Å². The third kappa shape index (κ3) is 12.4. The quantitative estimate of drug-likeness (QED) is 0.155. The molecule has 0 radical (unpaired) electrons. The first-order chi connectivity index (χ1) is 27.0. The van der Waals surface area contributed by atoms with Gasteiger partial charge in [0.15, 0.2) is 30.9 Å². The van der Waals surface area contributed by atoms with E-state index in [0.29, 0.717) is 0 Å². The van der Waals surface area contributed by atoms with E-state index in [1.165, 1.54) is 6.92 Å². The molecule has 0 spiro atoms. The minimum atomic E-state index is -1.53. The van der Waals surface area contributed by atoms with Gasteiger partial charge in [0.2, 0.25) is 0 Å². The summed E-state index contributed by atoms with van der Waals surface area (Å²) in [6.45, 7) is 4.16. The van der Waals surface area contributed by atoms with E-state index < -0.39 is 91.9 Å². The maximum Gasteiger partial charge on any atom is 0.303 e. The van der Waals surface area contributed by atoms with Crippen LogP contribution in [0.15, 0.2) is 91.0 Å². The van der Waals surface area contributed by atoms with Gasteiger partial charge in [-0.05, 0) is 16.7 Å². The Morgan fingerprint density at radius 2 is 0.911 bits per heavy atom. The zero-order valence-electron chi connectivity index (χ0n) is 31.6. The summed E-state index contributed by atoms with van der Waals surface area (Å²) in [5.74, 6) is -3.00. The number of benzene rings is 3. The van der Waals surface area contributed by atoms with Crippen LogP contribution in [0.2, 0.25) is 0 Å². The molecule has 2 aliphatic rings. The van der Waals surface area contributed by atoms with Gasteiger partial charge in [-0.1, -0.05) is 91.0 Å². The molecule has 15 nitrogen and oxygen atoms in total. The minimum absolute atomic E-state index is 0.122. The molecular weight excluding hydrogens is 732 g/mol. The maximum atomic E-state index is 12.4. The molecule has 0 aliphatic carbocycles. The summed E-state index contributed by atoms with van der Waals surface area (Å²) in [6.07, 6.45) is -12.5. The molecule has 2 saturated heterocycles. The van der Waals surface area contributed by atoms with Crippen LogP contribution in [0, 0.1) is 0 Å². The zero-order chi connectivity index (χ0) is 40.0. The highest BCUT2D eigenvalue weighted by Crippen LogP contribution is 2.33. The third-order valence-electron chi connectivity index (χ3n) is 8.84. The van der Waals surface area contributed by atoms with E-state index in [-0.39, 0.29) is 26.4 Å². The first-order valence-electron chi connectivity index (χ1n) is 18.2. The average molecular weight is 781 g/mol. The number of ether oxygens (including phenoxy) is 10. The molecule has 0 bridgehead atoms. The van der Waals surface area contributed by atoms with Crippen molar-refractivity contribution >= 4 is 23.9 Å². The SMILES string of the molecule is CC(=O)OC[C@@H]1O[C@@H](OC[C@H]2O[C@@H](O)[C@H](OCc3ccccc3)[C@@H](OCc3ccccc3)[C@H]2OCc2ccccc2)[C@H](OC(C)=O)[C@@H](OC(C)=O)[C@@H]1OC(C)=O. The summed E-state index contributed by atoms with van der Waals surface area (Å²) in [6, 6.07) is 28.3. The number of hydrogen-bond acceptors (Lipinski definition) is 15. The second kappa shape index (κ2) is 21.0. The molecule has 3 aromatic rings. The standard InChI is InChI=1S/C41H48O15/c1-25(42)47-23-33-35(52-26(2)43)37(53-27(3)44)39(54-28(4)45)41(56-33)51-24-32-34(48-20-29-14-8-5-9-15-29)36(49-21-30-16-10-6-11-17-30)38(40(46)55-32)50-22-31-18-12-7-13-19-31/h5-19,32-41,46H,20-24H2,1-4H3/t32-,33+,34+,35-,36+,37+,38-,39-,40-,41-/m1/s1. The second-order valence-electron chi connectivity index (χ2n) is 13.2. The van der Waals surface area contributed by atoms with E-state index in [4.69, 9.17) is 47.4 Å². The lowest BCUT2D eigenvalue weighted by atomic mass is 9.97. The van der Waals surface area contributed by atoms with Crippen LogP contribution in [0.3, 0.4) is 0 Å². The number of rotatable bonds is 17. The number of esters is 4. The monoisotopic (exact) mass is 780 g/mol. The van der Waals surface area contributed by atoms with Gasteiger partial charge in [0, 0.05) is 27.7 Å². The highest BCUT2D eigenvalue weighted by molar-refractivity contribution is 5.68. The fraction of sp³-hybridized carbons (Fsp3) is 0.463. The van der Waals surface area contributed by atoms with E-state index in [0.717, 1.165) is 37.5 Å². The molecule has 0 aromatic heterocycles. The molecule has 5 rings (SSSR count). The molecule has 10 atom stereocenters. The Balaban J connectivity index is 1.46. The van der Waals surface area contributed by atoms with Crippen LogP contribution in [-0.4, -0.2) is 104 Å². The number of carbonyl (C=O) groups excluding carboxylic acids is 4. The highest BCUT2D eigenvalue weighted by atomic mass is 16.7. The fourth-order valence-electron chi connectivity index (χ4n) is 6.41. The Morgan fingerprint density at radius 3 is 1.39 bits per heavy atom. The van der Waals surface area contributed by atoms with Gasteiger partial charge in [-0.25, -0.2) is 0 Å². The highest BCUT2D eigenvalue weighted by Gasteiger charge is 2.54. The molecule has 302 valence electrons. The molecule has 56 heavy (non-hydrogen) atoms. The van der Waals surface area contributed by atoms with E-state index in [1.54, 1.807) is 0 Å². The molecule has 15 heteroatoms. The average Bonchev–Trinajstić information content (AvgIpc) is 3.17. The normalized spacial score (nSPS) is 27.4. The Morgan fingerprint density at radius 1 is 0.482 bits per heavy atom. The second-order valence-corrected chi connectivity index (χ2v) is 13.2. The first kappa shape index (κ1) is 42.4. The van der Waals surface area contributed by atoms with Crippen molar-refractivity contribution in [3.05, 3.63) is 108 Å². The summed E-state index contributed by atoms with van der Waals surface area (Å²) in [5, 5.41) is 11.5. The van der Waals surface area contributed by atoms with Gasteiger partial charge in [-0.3, -0.25) is 19.2 Å². The van der Waals surface area contributed by atoms with E-state index in [1.807, 2.05) is 91.0 Å². The summed E-state index contributed by atoms with van der Waals surface area (Å²) in [5.41, 5.74) is 2.57. The van der Waals surface area contributed by atoms with Crippen molar-refractivity contribution in [3.63, 3.8) is 0 Å². The molecule has 2 heterocycles. The molecule has 0 unspecified atom stereocenters. The molecule has 2 fully saturated rings. The topological polar surface area (TPSA) is 181 Å². The van der Waals surface area contributed by atoms with E-state index in [2.05, 4.69) is 0 Å². The summed E-state index contributed by atoms with van der Waals surface area (Å²) < 4.78 is 59.7. The smallest absolute Gasteiger partial charge is 0.303 e. The van der Waals surface area contributed by atoms with Gasteiger partial charge in [-0.15, -0.1) is 0 Å². The van der Waals surface area contributed by atoms with Crippen LogP contribution in [0.25, 0.3) is 0 Å². The number of hydrogen-bond donors (Lipinski definition) is 1. The molecule has 3 aromatic carbocycles. The zero-order valence-corrected chi connectivity index (χ0v) is 31.6. The molecule has 1 N–H and O–H groups in total. The molecule has 0 amide bonds. The van der Waals surface area contributed by atoms with Crippen molar-refractivity contribution in [1.82, 2.24) is 0 Å². The Kier molecular flexibility index (Phi) is 15.9. The van der Waals surface area contributed by atoms with Crippen molar-refractivity contribution < 1.29 is 71.7 Å². The van der Waals surface area contributed by atoms with E-state index in [9.17, 15) is 24.3 Å². The van der Waals surface area contributed by atoms with Gasteiger partial charge in [0.1, 0.15) is 37.1 Å². The largest absolute Gasteiger partial charge is 0.463 e. The minimum Gasteiger partial charge on any atom is -0.463 e. The lowest BCUT2D eigenvalue weighted by Crippen LogP contribution is -2.64. The first-order valence-corrected chi connectivity index (χ1v) is 18.2. The van der Waals surface area contributed by atoms with Crippen LogP contribution in [-0.2, 0) is 86.4 Å². The number of aliphatic hydroxyl groups is 1. The third-order valence-corrected chi connectivity index (χ3v) is 8.84. The fourth-order valence-corrected chi connectivity index (χ4v) is 6.41. The van der Waals surface area contributed by atoms with Crippen molar-refractivity contribution in [3.8, 4) is 0 Å². The lowest BCUT2D eigenvalue weighted by Gasteiger charge is -2.46. The molecule has 2 aliphatic heterocycles. The van der Waals surface area contributed by atoms with Crippen molar-refractivity contribution in [2.45, 2.75) is 109 Å².